The fourth-order valence-corrected chi connectivity index (χ4v) is 3.66. The Morgan fingerprint density at radius 2 is 1.96 bits per heavy atom. The van der Waals surface area contributed by atoms with Crippen molar-refractivity contribution in [2.45, 2.75) is 43.3 Å². The first kappa shape index (κ1) is 16.6. The third kappa shape index (κ3) is 3.78. The fraction of sp³-hybridized carbons (Fsp3) is 0.467. The summed E-state index contributed by atoms with van der Waals surface area (Å²) in [5, 5.41) is 23.1. The van der Waals surface area contributed by atoms with Crippen LogP contribution in [-0.2, 0) is 0 Å². The maximum Gasteiger partial charge on any atom is 0.269 e. The summed E-state index contributed by atoms with van der Waals surface area (Å²) in [6, 6.07) is 5.94. The lowest BCUT2D eigenvalue weighted by atomic mass is 9.96. The summed E-state index contributed by atoms with van der Waals surface area (Å²) in [5.74, 6) is 0.0957. The van der Waals surface area contributed by atoms with Gasteiger partial charge in [-0.25, -0.2) is 4.68 Å². The molecule has 1 fully saturated rings. The van der Waals surface area contributed by atoms with Crippen molar-refractivity contribution in [2.75, 3.05) is 5.75 Å². The number of rotatable bonds is 6. The van der Waals surface area contributed by atoms with E-state index in [1.165, 1.54) is 55.3 Å². The third-order valence-corrected chi connectivity index (χ3v) is 5.05. The molecule has 0 saturated heterocycles. The molecule has 0 radical (unpaired) electrons. The Morgan fingerprint density at radius 1 is 1.25 bits per heavy atom. The van der Waals surface area contributed by atoms with Gasteiger partial charge in [-0.05, 0) is 35.4 Å². The number of ketones is 1. The van der Waals surface area contributed by atoms with Crippen molar-refractivity contribution in [3.63, 3.8) is 0 Å². The number of non-ortho nitro benzene ring substituents is 1. The van der Waals surface area contributed by atoms with Crippen LogP contribution in [0.15, 0.2) is 29.4 Å². The van der Waals surface area contributed by atoms with E-state index in [4.69, 9.17) is 0 Å². The molecular formula is C15H17N5O3S. The molecular weight excluding hydrogens is 330 g/mol. The highest BCUT2D eigenvalue weighted by molar-refractivity contribution is 7.99. The maximum absolute atomic E-state index is 12.2. The van der Waals surface area contributed by atoms with Gasteiger partial charge in [-0.2, -0.15) is 0 Å². The van der Waals surface area contributed by atoms with Gasteiger partial charge in [0.1, 0.15) is 0 Å². The van der Waals surface area contributed by atoms with Crippen LogP contribution in [0.5, 0.6) is 0 Å². The van der Waals surface area contributed by atoms with Gasteiger partial charge in [-0.3, -0.25) is 14.9 Å². The molecule has 1 aliphatic rings. The number of nitro benzene ring substituents is 1. The van der Waals surface area contributed by atoms with Crippen molar-refractivity contribution in [1.29, 1.82) is 0 Å². The minimum atomic E-state index is -0.485. The Labute approximate surface area is 142 Å². The molecule has 1 saturated carbocycles. The minimum absolute atomic E-state index is 0.0274. The normalized spacial score (nSPS) is 15.3. The Bertz CT molecular complexity index is 725. The number of carbonyl (C=O) groups is 1. The summed E-state index contributed by atoms with van der Waals surface area (Å²) in [6.45, 7) is 0. The van der Waals surface area contributed by atoms with Crippen LogP contribution in [-0.4, -0.2) is 36.7 Å². The van der Waals surface area contributed by atoms with Crippen molar-refractivity contribution >= 4 is 23.2 Å². The predicted molar refractivity (Wildman–Crippen MR) is 88.1 cm³/mol. The molecule has 0 aliphatic heterocycles. The SMILES string of the molecule is O=C(CSc1nnnn1C1CCCCC1)c1ccc([N+](=O)[O-])cc1. The number of hydrogen-bond donors (Lipinski definition) is 0. The first-order chi connectivity index (χ1) is 11.6. The largest absolute Gasteiger partial charge is 0.293 e. The number of carbonyl (C=O) groups excluding carboxylic acids is 1. The van der Waals surface area contributed by atoms with Gasteiger partial charge in [0, 0.05) is 17.7 Å². The number of thioether (sulfide) groups is 1. The molecule has 0 N–H and O–H groups in total. The van der Waals surface area contributed by atoms with Crippen molar-refractivity contribution < 1.29 is 9.72 Å². The van der Waals surface area contributed by atoms with Gasteiger partial charge in [-0.15, -0.1) is 5.10 Å². The van der Waals surface area contributed by atoms with E-state index < -0.39 is 4.92 Å². The van der Waals surface area contributed by atoms with Crippen LogP contribution in [0.25, 0.3) is 0 Å². The molecule has 1 aliphatic carbocycles. The molecule has 0 amide bonds. The monoisotopic (exact) mass is 347 g/mol. The van der Waals surface area contributed by atoms with Crippen molar-refractivity contribution in [3.05, 3.63) is 39.9 Å². The third-order valence-electron chi connectivity index (χ3n) is 4.12. The summed E-state index contributed by atoms with van der Waals surface area (Å²) >= 11 is 1.30. The molecule has 0 unspecified atom stereocenters. The number of nitrogens with zero attached hydrogens (tertiary/aromatic N) is 5. The molecule has 1 heterocycles. The van der Waals surface area contributed by atoms with E-state index in [9.17, 15) is 14.9 Å². The highest BCUT2D eigenvalue weighted by Gasteiger charge is 2.21. The summed E-state index contributed by atoms with van der Waals surface area (Å²) in [5.41, 5.74) is 0.422. The van der Waals surface area contributed by atoms with Crippen LogP contribution in [0.4, 0.5) is 5.69 Å². The van der Waals surface area contributed by atoms with Gasteiger partial charge in [0.05, 0.1) is 16.7 Å². The smallest absolute Gasteiger partial charge is 0.269 e. The summed E-state index contributed by atoms with van der Waals surface area (Å²) in [4.78, 5) is 22.4. The summed E-state index contributed by atoms with van der Waals surface area (Å²) in [7, 11) is 0. The molecule has 2 aromatic rings. The van der Waals surface area contributed by atoms with E-state index in [2.05, 4.69) is 15.5 Å². The first-order valence-electron chi connectivity index (χ1n) is 7.83. The van der Waals surface area contributed by atoms with Crippen LogP contribution >= 0.6 is 11.8 Å². The molecule has 0 bridgehead atoms. The average molecular weight is 347 g/mol. The van der Waals surface area contributed by atoms with E-state index in [0.29, 0.717) is 16.8 Å². The van der Waals surface area contributed by atoms with E-state index in [1.54, 1.807) is 0 Å². The van der Waals surface area contributed by atoms with Crippen LogP contribution in [0.1, 0.15) is 48.5 Å². The zero-order valence-electron chi connectivity index (χ0n) is 13.0. The van der Waals surface area contributed by atoms with Gasteiger partial charge in [0.15, 0.2) is 5.78 Å². The van der Waals surface area contributed by atoms with Crippen LogP contribution in [0.3, 0.4) is 0 Å². The van der Waals surface area contributed by atoms with Crippen molar-refractivity contribution in [2.24, 2.45) is 0 Å². The van der Waals surface area contributed by atoms with Gasteiger partial charge in [0.25, 0.3) is 5.69 Å². The van der Waals surface area contributed by atoms with Gasteiger partial charge < -0.3 is 0 Å². The maximum atomic E-state index is 12.2. The molecule has 1 aromatic heterocycles. The average Bonchev–Trinajstić information content (AvgIpc) is 3.09. The molecule has 8 nitrogen and oxygen atoms in total. The Morgan fingerprint density at radius 3 is 2.62 bits per heavy atom. The van der Waals surface area contributed by atoms with Gasteiger partial charge in [0.2, 0.25) is 5.16 Å². The van der Waals surface area contributed by atoms with E-state index in [1.807, 2.05) is 4.68 Å². The van der Waals surface area contributed by atoms with Crippen molar-refractivity contribution in [1.82, 2.24) is 20.2 Å². The standard InChI is InChI=1S/C15H17N5O3S/c21-14(11-6-8-13(9-7-11)20(22)23)10-24-15-16-17-18-19(15)12-4-2-1-3-5-12/h6-9,12H,1-5,10H2. The second kappa shape index (κ2) is 7.52. The van der Waals surface area contributed by atoms with Gasteiger partial charge >= 0.3 is 0 Å². The topological polar surface area (TPSA) is 104 Å². The lowest BCUT2D eigenvalue weighted by Gasteiger charge is -2.21. The van der Waals surface area contributed by atoms with Crippen molar-refractivity contribution in [3.8, 4) is 0 Å². The van der Waals surface area contributed by atoms with Gasteiger partial charge in [-0.1, -0.05) is 31.0 Å². The minimum Gasteiger partial charge on any atom is -0.293 e. The molecule has 24 heavy (non-hydrogen) atoms. The number of hydrogen-bond acceptors (Lipinski definition) is 7. The lowest BCUT2D eigenvalue weighted by Crippen LogP contribution is -2.15. The highest BCUT2D eigenvalue weighted by Crippen LogP contribution is 2.30. The molecule has 126 valence electrons. The number of aromatic nitrogens is 4. The van der Waals surface area contributed by atoms with Crippen LogP contribution in [0.2, 0.25) is 0 Å². The summed E-state index contributed by atoms with van der Waals surface area (Å²) in [6.07, 6.45) is 5.73. The lowest BCUT2D eigenvalue weighted by molar-refractivity contribution is -0.384. The molecule has 0 atom stereocenters. The predicted octanol–water partition coefficient (Wildman–Crippen LogP) is 3.06. The Hall–Kier alpha value is -2.29. The quantitative estimate of drug-likeness (QED) is 0.342. The number of Topliss-reactive ketones (excluding diaryl/α,β-unsaturated/α-hetero) is 1. The number of benzene rings is 1. The molecule has 1 aromatic carbocycles. The Kier molecular flexibility index (Phi) is 5.19. The van der Waals surface area contributed by atoms with E-state index in [-0.39, 0.29) is 17.2 Å². The second-order valence-corrected chi connectivity index (χ2v) is 6.66. The summed E-state index contributed by atoms with van der Waals surface area (Å²) < 4.78 is 1.83. The molecule has 9 heteroatoms. The molecule has 3 rings (SSSR count). The zero-order valence-corrected chi connectivity index (χ0v) is 13.8. The zero-order chi connectivity index (χ0) is 16.9. The molecule has 0 spiro atoms. The number of tetrazole rings is 1. The fourth-order valence-electron chi connectivity index (χ4n) is 2.82. The van der Waals surface area contributed by atoms with E-state index >= 15 is 0 Å². The van der Waals surface area contributed by atoms with Crippen LogP contribution in [0, 0.1) is 10.1 Å². The van der Waals surface area contributed by atoms with E-state index in [0.717, 1.165) is 12.8 Å². The first-order valence-corrected chi connectivity index (χ1v) is 8.82. The second-order valence-electron chi connectivity index (χ2n) is 5.71. The number of nitro groups is 1. The highest BCUT2D eigenvalue weighted by atomic mass is 32.2. The Balaban J connectivity index is 1.62. The van der Waals surface area contributed by atoms with Crippen LogP contribution < -0.4 is 0 Å².